The maximum Gasteiger partial charge on any atom is 0.167 e. The fraction of sp³-hybridized carbons (Fsp3) is 0.375. The highest BCUT2D eigenvalue weighted by Crippen LogP contribution is 2.29. The smallest absolute Gasteiger partial charge is 0.167 e. The summed E-state index contributed by atoms with van der Waals surface area (Å²) in [6, 6.07) is 13.2. The van der Waals surface area contributed by atoms with E-state index in [2.05, 4.69) is 31.5 Å². The number of ether oxygens (including phenoxy) is 2. The van der Waals surface area contributed by atoms with Crippen molar-refractivity contribution < 1.29 is 13.7 Å². The first kappa shape index (κ1) is 25.2. The summed E-state index contributed by atoms with van der Waals surface area (Å²) in [5.74, 6) is 2.88. The highest BCUT2D eigenvalue weighted by molar-refractivity contribution is 7.92. The molecule has 186 valence electrons. The predicted molar refractivity (Wildman–Crippen MR) is 140 cm³/mol. The predicted octanol–water partition coefficient (Wildman–Crippen LogP) is 4.40. The van der Waals surface area contributed by atoms with Gasteiger partial charge in [0, 0.05) is 47.0 Å². The van der Waals surface area contributed by atoms with Gasteiger partial charge in [0.1, 0.15) is 22.5 Å². The lowest BCUT2D eigenvalue weighted by Gasteiger charge is -2.34. The molecule has 3 heterocycles. The number of anilines is 2. The third-order valence-electron chi connectivity index (χ3n) is 5.36. The molecule has 3 aromatic rings. The van der Waals surface area contributed by atoms with Gasteiger partial charge in [0.15, 0.2) is 11.6 Å². The molecule has 0 amide bonds. The van der Waals surface area contributed by atoms with Crippen LogP contribution in [0.25, 0.3) is 11.4 Å². The average molecular weight is 517 g/mol. The molecule has 1 atom stereocenters. The molecule has 4 rings (SSSR count). The van der Waals surface area contributed by atoms with Crippen LogP contribution in [0.2, 0.25) is 5.15 Å². The molecule has 1 N–H and O–H groups in total. The third-order valence-corrected chi connectivity index (χ3v) is 6.18. The van der Waals surface area contributed by atoms with E-state index in [9.17, 15) is 4.21 Å². The van der Waals surface area contributed by atoms with E-state index in [1.807, 2.05) is 30.3 Å². The third kappa shape index (κ3) is 6.81. The molecule has 0 aliphatic carbocycles. The van der Waals surface area contributed by atoms with Gasteiger partial charge in [0.05, 0.1) is 26.4 Å². The fourth-order valence-corrected chi connectivity index (χ4v) is 4.44. The summed E-state index contributed by atoms with van der Waals surface area (Å²) in [5, 5.41) is 3.61. The molecule has 0 unspecified atom stereocenters. The molecular formula is C24H29ClN6O3S. The van der Waals surface area contributed by atoms with Crippen LogP contribution in [-0.2, 0) is 21.0 Å². The van der Waals surface area contributed by atoms with E-state index in [4.69, 9.17) is 26.1 Å². The molecule has 1 aliphatic rings. The fourth-order valence-electron chi connectivity index (χ4n) is 3.69. The number of rotatable bonds is 7. The lowest BCUT2D eigenvalue weighted by molar-refractivity contribution is 0.0985. The van der Waals surface area contributed by atoms with Crippen LogP contribution in [0.3, 0.4) is 0 Å². The minimum Gasteiger partial charge on any atom is -0.497 e. The van der Waals surface area contributed by atoms with Crippen molar-refractivity contribution >= 4 is 38.8 Å². The molecule has 0 bridgehead atoms. The Kier molecular flexibility index (Phi) is 7.73. The average Bonchev–Trinajstić information content (AvgIpc) is 2.82. The molecular weight excluding hydrogens is 488 g/mol. The van der Waals surface area contributed by atoms with Crippen molar-refractivity contribution in [1.29, 1.82) is 0 Å². The summed E-state index contributed by atoms with van der Waals surface area (Å²) in [4.78, 5) is 15.9. The number of nitrogens with one attached hydrogen (secondary N) is 1. The number of benzene rings is 1. The van der Waals surface area contributed by atoms with Crippen molar-refractivity contribution in [3.05, 3.63) is 53.2 Å². The first-order valence-corrected chi connectivity index (χ1v) is 13.9. The number of hydrogen-bond donors (Lipinski definition) is 1. The van der Waals surface area contributed by atoms with E-state index in [0.29, 0.717) is 60.3 Å². The van der Waals surface area contributed by atoms with Crippen LogP contribution >= 0.6 is 11.6 Å². The van der Waals surface area contributed by atoms with E-state index >= 15 is 0 Å². The molecule has 9 nitrogen and oxygen atoms in total. The quantitative estimate of drug-likeness (QED) is 0.461. The van der Waals surface area contributed by atoms with Gasteiger partial charge in [-0.2, -0.15) is 4.36 Å². The van der Waals surface area contributed by atoms with Crippen molar-refractivity contribution in [2.24, 2.45) is 4.36 Å². The zero-order valence-corrected chi connectivity index (χ0v) is 21.8. The minimum absolute atomic E-state index is 0.134. The molecule has 0 saturated carbocycles. The van der Waals surface area contributed by atoms with Crippen LogP contribution in [0.1, 0.15) is 12.5 Å². The Morgan fingerprint density at radius 1 is 1.20 bits per heavy atom. The van der Waals surface area contributed by atoms with E-state index in [1.54, 1.807) is 31.8 Å². The summed E-state index contributed by atoms with van der Waals surface area (Å²) >= 11 is 6.36. The number of hydrogen-bond acceptors (Lipinski definition) is 9. The van der Waals surface area contributed by atoms with Crippen LogP contribution in [0.15, 0.2) is 46.8 Å². The Hall–Kier alpha value is -2.95. The number of morpholine rings is 1. The van der Waals surface area contributed by atoms with Crippen molar-refractivity contribution in [2.75, 3.05) is 49.6 Å². The van der Waals surface area contributed by atoms with Gasteiger partial charge in [0.2, 0.25) is 0 Å². The van der Waals surface area contributed by atoms with Gasteiger partial charge in [-0.3, -0.25) is 0 Å². The lowest BCUT2D eigenvalue weighted by atomic mass is 10.2. The van der Waals surface area contributed by atoms with Crippen molar-refractivity contribution in [2.45, 2.75) is 19.5 Å². The number of pyridine rings is 1. The number of halogens is 1. The SMILES string of the molecule is COc1ccc(CNc2cc(-c3nc(N=S(C)(C)=O)cc(N4CCOC[C@H]4C)n3)cc(Cl)n2)cc1. The van der Waals surface area contributed by atoms with Crippen molar-refractivity contribution in [3.63, 3.8) is 0 Å². The van der Waals surface area contributed by atoms with Gasteiger partial charge < -0.3 is 19.7 Å². The second-order valence-electron chi connectivity index (χ2n) is 8.56. The van der Waals surface area contributed by atoms with Gasteiger partial charge >= 0.3 is 0 Å². The Balaban J connectivity index is 1.68. The summed E-state index contributed by atoms with van der Waals surface area (Å²) in [7, 11) is -0.778. The standard InChI is InChI=1S/C24H29ClN6O3S/c1-16-15-34-10-9-31(16)23-13-22(30-35(3,4)32)28-24(29-23)18-11-20(25)27-21(12-18)26-14-17-5-7-19(33-2)8-6-17/h5-8,11-13,16H,9-10,14-15H2,1-4H3,(H,26,27)/t16-/m1/s1. The van der Waals surface area contributed by atoms with Gasteiger partial charge in [-0.05, 0) is 36.8 Å². The molecule has 1 fully saturated rings. The van der Waals surface area contributed by atoms with Crippen molar-refractivity contribution in [3.8, 4) is 17.1 Å². The maximum atomic E-state index is 12.4. The first-order valence-electron chi connectivity index (χ1n) is 11.2. The Labute approximate surface area is 211 Å². The molecule has 11 heteroatoms. The Morgan fingerprint density at radius 2 is 1.97 bits per heavy atom. The normalized spacial score (nSPS) is 16.1. The van der Waals surface area contributed by atoms with E-state index in [1.165, 1.54) is 0 Å². The summed E-state index contributed by atoms with van der Waals surface area (Å²) in [6.07, 6.45) is 3.16. The molecule has 0 radical (unpaired) electrons. The maximum absolute atomic E-state index is 12.4. The zero-order valence-electron chi connectivity index (χ0n) is 20.2. The van der Waals surface area contributed by atoms with Crippen LogP contribution < -0.4 is 15.0 Å². The van der Waals surface area contributed by atoms with Gasteiger partial charge in [-0.25, -0.2) is 19.2 Å². The zero-order chi connectivity index (χ0) is 25.0. The first-order chi connectivity index (χ1) is 16.7. The molecule has 2 aromatic heterocycles. The number of nitrogens with zero attached hydrogens (tertiary/aromatic N) is 5. The number of aromatic nitrogens is 3. The Morgan fingerprint density at radius 3 is 2.66 bits per heavy atom. The summed E-state index contributed by atoms with van der Waals surface area (Å²) in [6.45, 7) is 4.53. The summed E-state index contributed by atoms with van der Waals surface area (Å²) in [5.41, 5.74) is 1.75. The van der Waals surface area contributed by atoms with Crippen LogP contribution in [0.4, 0.5) is 17.5 Å². The highest BCUT2D eigenvalue weighted by Gasteiger charge is 2.22. The second kappa shape index (κ2) is 10.8. The minimum atomic E-state index is -2.42. The van der Waals surface area contributed by atoms with Crippen LogP contribution in [0.5, 0.6) is 5.75 Å². The Bertz CT molecular complexity index is 1300. The van der Waals surface area contributed by atoms with E-state index < -0.39 is 9.73 Å². The van der Waals surface area contributed by atoms with Gasteiger partial charge in [-0.15, -0.1) is 0 Å². The lowest BCUT2D eigenvalue weighted by Crippen LogP contribution is -2.44. The number of methoxy groups -OCH3 is 1. The molecule has 0 spiro atoms. The van der Waals surface area contributed by atoms with Crippen molar-refractivity contribution in [1.82, 2.24) is 15.0 Å². The largest absolute Gasteiger partial charge is 0.497 e. The highest BCUT2D eigenvalue weighted by atomic mass is 35.5. The molecule has 1 saturated heterocycles. The van der Waals surface area contributed by atoms with Crippen LogP contribution in [0, 0.1) is 0 Å². The molecule has 35 heavy (non-hydrogen) atoms. The summed E-state index contributed by atoms with van der Waals surface area (Å²) < 4.78 is 27.5. The molecule has 1 aliphatic heterocycles. The van der Waals surface area contributed by atoms with Crippen LogP contribution in [-0.4, -0.2) is 64.6 Å². The monoisotopic (exact) mass is 516 g/mol. The van der Waals surface area contributed by atoms with E-state index in [0.717, 1.165) is 11.3 Å². The second-order valence-corrected chi connectivity index (χ2v) is 11.5. The van der Waals surface area contributed by atoms with E-state index in [-0.39, 0.29) is 6.04 Å². The van der Waals surface area contributed by atoms with Gasteiger partial charge in [-0.1, -0.05) is 23.7 Å². The molecule has 1 aromatic carbocycles. The van der Waals surface area contributed by atoms with Gasteiger partial charge in [0.25, 0.3) is 0 Å². The topological polar surface area (TPSA) is 102 Å².